The number of benzene rings is 1. The highest BCUT2D eigenvalue weighted by Crippen LogP contribution is 2.14. The van der Waals surface area contributed by atoms with Gasteiger partial charge in [-0.3, -0.25) is 9.59 Å². The second-order valence-electron chi connectivity index (χ2n) is 4.73. The minimum Gasteiger partial charge on any atom is -0.466 e. The third-order valence-electron chi connectivity index (χ3n) is 2.91. The smallest absolute Gasteiger partial charge is 0.307 e. The highest BCUT2D eigenvalue weighted by atomic mass is 16.5. The van der Waals surface area contributed by atoms with Crippen molar-refractivity contribution in [3.63, 3.8) is 0 Å². The second-order valence-corrected chi connectivity index (χ2v) is 4.73. The monoisotopic (exact) mass is 278 g/mol. The molecule has 0 aliphatic rings. The van der Waals surface area contributed by atoms with Crippen molar-refractivity contribution >= 4 is 17.6 Å². The highest BCUT2D eigenvalue weighted by Gasteiger charge is 2.14. The van der Waals surface area contributed by atoms with E-state index >= 15 is 0 Å². The van der Waals surface area contributed by atoms with Crippen LogP contribution in [0.1, 0.15) is 23.7 Å². The number of ether oxygens (including phenoxy) is 1. The Morgan fingerprint density at radius 1 is 1.20 bits per heavy atom. The predicted molar refractivity (Wildman–Crippen MR) is 79.0 cm³/mol. The summed E-state index contributed by atoms with van der Waals surface area (Å²) in [5, 5.41) is 0. The Kier molecular flexibility index (Phi) is 6.03. The van der Waals surface area contributed by atoms with E-state index in [0.29, 0.717) is 18.7 Å². The SMILES string of the molecule is CCOC(=O)CCN(C)C(=O)c1cccc(N(C)C)c1. The van der Waals surface area contributed by atoms with Gasteiger partial charge in [-0.25, -0.2) is 0 Å². The summed E-state index contributed by atoms with van der Waals surface area (Å²) in [5.41, 5.74) is 1.58. The van der Waals surface area contributed by atoms with Crippen molar-refractivity contribution in [2.24, 2.45) is 0 Å². The van der Waals surface area contributed by atoms with Crippen molar-refractivity contribution in [1.29, 1.82) is 0 Å². The number of rotatable bonds is 6. The van der Waals surface area contributed by atoms with Gasteiger partial charge < -0.3 is 14.5 Å². The van der Waals surface area contributed by atoms with Crippen molar-refractivity contribution in [1.82, 2.24) is 4.90 Å². The van der Waals surface area contributed by atoms with Crippen LogP contribution in [0.5, 0.6) is 0 Å². The Morgan fingerprint density at radius 3 is 2.50 bits per heavy atom. The van der Waals surface area contributed by atoms with Crippen LogP contribution in [0, 0.1) is 0 Å². The van der Waals surface area contributed by atoms with Gasteiger partial charge in [0.25, 0.3) is 5.91 Å². The Hall–Kier alpha value is -2.04. The molecule has 0 aromatic heterocycles. The molecule has 0 atom stereocenters. The van der Waals surface area contributed by atoms with E-state index in [9.17, 15) is 9.59 Å². The first-order chi connectivity index (χ1) is 9.45. The zero-order valence-electron chi connectivity index (χ0n) is 12.5. The number of nitrogens with zero attached hydrogens (tertiary/aromatic N) is 2. The summed E-state index contributed by atoms with van der Waals surface area (Å²) in [6.07, 6.45) is 0.212. The third-order valence-corrected chi connectivity index (χ3v) is 2.91. The molecule has 1 rings (SSSR count). The lowest BCUT2D eigenvalue weighted by Gasteiger charge is -2.18. The highest BCUT2D eigenvalue weighted by molar-refractivity contribution is 5.95. The standard InChI is InChI=1S/C15H22N2O3/c1-5-20-14(18)9-10-17(4)15(19)12-7-6-8-13(11-12)16(2)3/h6-8,11H,5,9-10H2,1-4H3. The summed E-state index contributed by atoms with van der Waals surface area (Å²) in [7, 11) is 5.53. The first kappa shape index (κ1) is 16.0. The van der Waals surface area contributed by atoms with Crippen LogP contribution in [0.15, 0.2) is 24.3 Å². The van der Waals surface area contributed by atoms with Gasteiger partial charge in [0, 0.05) is 38.9 Å². The number of amides is 1. The van der Waals surface area contributed by atoms with Crippen molar-refractivity contribution in [3.8, 4) is 0 Å². The van der Waals surface area contributed by atoms with Gasteiger partial charge in [-0.2, -0.15) is 0 Å². The van der Waals surface area contributed by atoms with E-state index in [2.05, 4.69) is 0 Å². The number of anilines is 1. The molecule has 0 aliphatic heterocycles. The average Bonchev–Trinajstić information content (AvgIpc) is 2.44. The van der Waals surface area contributed by atoms with Crippen LogP contribution in [0.25, 0.3) is 0 Å². The van der Waals surface area contributed by atoms with Gasteiger partial charge in [0.15, 0.2) is 0 Å². The summed E-state index contributed by atoms with van der Waals surface area (Å²) in [6.45, 7) is 2.48. The van der Waals surface area contributed by atoms with Gasteiger partial charge >= 0.3 is 5.97 Å². The number of esters is 1. The first-order valence-electron chi connectivity index (χ1n) is 6.64. The van der Waals surface area contributed by atoms with Crippen LogP contribution in [-0.4, -0.2) is 51.1 Å². The first-order valence-corrected chi connectivity index (χ1v) is 6.64. The number of carbonyl (C=O) groups is 2. The molecule has 110 valence electrons. The molecule has 1 aromatic rings. The minimum absolute atomic E-state index is 0.0991. The lowest BCUT2D eigenvalue weighted by atomic mass is 10.1. The van der Waals surface area contributed by atoms with E-state index in [1.807, 2.05) is 37.2 Å². The van der Waals surface area contributed by atoms with E-state index < -0.39 is 0 Å². The molecule has 0 heterocycles. The molecule has 0 N–H and O–H groups in total. The Balaban J connectivity index is 2.64. The van der Waals surface area contributed by atoms with Gasteiger partial charge in [0.05, 0.1) is 13.0 Å². The molecule has 0 bridgehead atoms. The van der Waals surface area contributed by atoms with E-state index in [1.54, 1.807) is 20.0 Å². The minimum atomic E-state index is -0.283. The largest absolute Gasteiger partial charge is 0.466 e. The zero-order valence-corrected chi connectivity index (χ0v) is 12.5. The Morgan fingerprint density at radius 2 is 1.90 bits per heavy atom. The quantitative estimate of drug-likeness (QED) is 0.744. The molecule has 0 fully saturated rings. The third kappa shape index (κ3) is 4.57. The lowest BCUT2D eigenvalue weighted by Crippen LogP contribution is -2.29. The fraction of sp³-hybridized carbons (Fsp3) is 0.467. The molecule has 0 radical (unpaired) electrons. The van der Waals surface area contributed by atoms with Gasteiger partial charge in [0.1, 0.15) is 0 Å². The average molecular weight is 278 g/mol. The van der Waals surface area contributed by atoms with Crippen molar-refractivity contribution in [3.05, 3.63) is 29.8 Å². The van der Waals surface area contributed by atoms with Crippen molar-refractivity contribution in [2.45, 2.75) is 13.3 Å². The van der Waals surface area contributed by atoms with Crippen LogP contribution in [0.2, 0.25) is 0 Å². The fourth-order valence-electron chi connectivity index (χ4n) is 1.73. The molecule has 0 saturated carbocycles. The van der Waals surface area contributed by atoms with Crippen LogP contribution in [0.4, 0.5) is 5.69 Å². The molecule has 1 amide bonds. The summed E-state index contributed by atoms with van der Waals surface area (Å²) in [6, 6.07) is 7.40. The van der Waals surface area contributed by atoms with Gasteiger partial charge in [-0.15, -0.1) is 0 Å². The van der Waals surface area contributed by atoms with E-state index in [4.69, 9.17) is 4.74 Å². The molecule has 1 aromatic carbocycles. The van der Waals surface area contributed by atoms with Crippen LogP contribution in [-0.2, 0) is 9.53 Å². The maximum Gasteiger partial charge on any atom is 0.307 e. The van der Waals surface area contributed by atoms with Crippen LogP contribution < -0.4 is 4.90 Å². The molecule has 0 aliphatic carbocycles. The van der Waals surface area contributed by atoms with Crippen LogP contribution in [0.3, 0.4) is 0 Å². The van der Waals surface area contributed by atoms with Gasteiger partial charge in [-0.05, 0) is 25.1 Å². The number of carbonyl (C=O) groups excluding carboxylic acids is 2. The number of hydrogen-bond donors (Lipinski definition) is 0. The van der Waals surface area contributed by atoms with Gasteiger partial charge in [0.2, 0.25) is 0 Å². The molecule has 5 heteroatoms. The number of hydrogen-bond acceptors (Lipinski definition) is 4. The van der Waals surface area contributed by atoms with E-state index in [0.717, 1.165) is 5.69 Å². The predicted octanol–water partition coefficient (Wildman–Crippen LogP) is 1.78. The molecule has 0 unspecified atom stereocenters. The summed E-state index contributed by atoms with van der Waals surface area (Å²) < 4.78 is 4.84. The Labute approximate surface area is 120 Å². The molecular formula is C15H22N2O3. The summed E-state index contributed by atoms with van der Waals surface area (Å²) in [4.78, 5) is 27.0. The van der Waals surface area contributed by atoms with Crippen molar-refractivity contribution < 1.29 is 14.3 Å². The van der Waals surface area contributed by atoms with E-state index in [-0.39, 0.29) is 18.3 Å². The normalized spacial score (nSPS) is 10.0. The Bertz CT molecular complexity index is 472. The van der Waals surface area contributed by atoms with Crippen molar-refractivity contribution in [2.75, 3.05) is 39.2 Å². The zero-order chi connectivity index (χ0) is 15.1. The van der Waals surface area contributed by atoms with Crippen LogP contribution >= 0.6 is 0 Å². The molecular weight excluding hydrogens is 256 g/mol. The molecule has 5 nitrogen and oxygen atoms in total. The summed E-state index contributed by atoms with van der Waals surface area (Å²) >= 11 is 0. The maximum atomic E-state index is 12.2. The second kappa shape index (κ2) is 7.53. The topological polar surface area (TPSA) is 49.9 Å². The van der Waals surface area contributed by atoms with Gasteiger partial charge in [-0.1, -0.05) is 6.07 Å². The summed E-state index contributed by atoms with van der Waals surface area (Å²) in [5.74, 6) is -0.382. The molecule has 20 heavy (non-hydrogen) atoms. The maximum absolute atomic E-state index is 12.2. The molecule has 0 spiro atoms. The van der Waals surface area contributed by atoms with E-state index in [1.165, 1.54) is 4.90 Å². The fourth-order valence-corrected chi connectivity index (χ4v) is 1.73. The lowest BCUT2D eigenvalue weighted by molar-refractivity contribution is -0.143. The molecule has 0 saturated heterocycles.